The van der Waals surface area contributed by atoms with Gasteiger partial charge in [-0.25, -0.2) is 9.97 Å². The van der Waals surface area contributed by atoms with Gasteiger partial charge in [-0.15, -0.1) is 0 Å². The molecule has 0 fully saturated rings. The van der Waals surface area contributed by atoms with Crippen molar-refractivity contribution in [3.63, 3.8) is 0 Å². The monoisotopic (exact) mass is 381 g/mol. The van der Waals surface area contributed by atoms with Crippen molar-refractivity contribution < 1.29 is 13.5 Å². The molecule has 144 valence electrons. The molecule has 0 amide bonds. The number of ether oxygens (including phenoxy) is 1. The first kappa shape index (κ1) is 18.5. The number of aromatic nitrogens is 2. The number of fused-ring (bicyclic) bond motifs is 1. The van der Waals surface area contributed by atoms with Crippen molar-refractivity contribution in [1.82, 2.24) is 15.3 Å². The smallest absolute Gasteiger partial charge is 0.387 e. The molecule has 28 heavy (non-hydrogen) atoms. The third-order valence-corrected chi connectivity index (χ3v) is 4.94. The summed E-state index contributed by atoms with van der Waals surface area (Å²) in [7, 11) is 0. The quantitative estimate of drug-likeness (QED) is 0.659. The lowest BCUT2D eigenvalue weighted by molar-refractivity contribution is -0.0499. The topological polar surface area (TPSA) is 47.0 Å². The van der Waals surface area contributed by atoms with Gasteiger partial charge in [0.15, 0.2) is 5.82 Å². The predicted molar refractivity (Wildman–Crippen MR) is 103 cm³/mol. The predicted octanol–water partition coefficient (Wildman–Crippen LogP) is 4.91. The molecule has 0 saturated heterocycles. The second kappa shape index (κ2) is 8.44. The molecule has 0 saturated carbocycles. The Hall–Kier alpha value is -2.86. The number of hydrogen-bond acceptors (Lipinski definition) is 4. The van der Waals surface area contributed by atoms with Crippen LogP contribution in [0.3, 0.4) is 0 Å². The zero-order valence-corrected chi connectivity index (χ0v) is 15.3. The van der Waals surface area contributed by atoms with Crippen molar-refractivity contribution in [2.45, 2.75) is 38.5 Å². The highest BCUT2D eigenvalue weighted by molar-refractivity contribution is 5.54. The van der Waals surface area contributed by atoms with E-state index in [0.29, 0.717) is 12.4 Å². The number of hydrogen-bond donors (Lipinski definition) is 1. The van der Waals surface area contributed by atoms with Gasteiger partial charge in [0.05, 0.1) is 0 Å². The van der Waals surface area contributed by atoms with Crippen molar-refractivity contribution in [1.29, 1.82) is 0 Å². The van der Waals surface area contributed by atoms with E-state index in [1.54, 1.807) is 12.1 Å². The third-order valence-electron chi connectivity index (χ3n) is 4.94. The van der Waals surface area contributed by atoms with Crippen molar-refractivity contribution >= 4 is 0 Å². The van der Waals surface area contributed by atoms with E-state index >= 15 is 0 Å². The molecule has 0 spiro atoms. The van der Waals surface area contributed by atoms with Gasteiger partial charge in [-0.05, 0) is 42.5 Å². The first-order chi connectivity index (χ1) is 13.7. The Balaban J connectivity index is 1.42. The Morgan fingerprint density at radius 1 is 1.07 bits per heavy atom. The van der Waals surface area contributed by atoms with E-state index < -0.39 is 6.61 Å². The molecule has 0 radical (unpaired) electrons. The molecule has 6 heteroatoms. The fraction of sp³-hybridized carbons (Fsp3) is 0.273. The second-order valence-electron chi connectivity index (χ2n) is 6.85. The van der Waals surface area contributed by atoms with Crippen molar-refractivity contribution in [2.75, 3.05) is 0 Å². The maximum atomic E-state index is 12.4. The van der Waals surface area contributed by atoms with Crippen LogP contribution in [-0.4, -0.2) is 16.6 Å². The van der Waals surface area contributed by atoms with Gasteiger partial charge in [0.1, 0.15) is 5.75 Å². The highest BCUT2D eigenvalue weighted by Crippen LogP contribution is 2.32. The van der Waals surface area contributed by atoms with Crippen LogP contribution in [0.5, 0.6) is 5.75 Å². The normalized spacial score (nSPS) is 16.0. The fourth-order valence-electron chi connectivity index (χ4n) is 3.60. The number of halogens is 2. The van der Waals surface area contributed by atoms with E-state index in [1.807, 2.05) is 48.8 Å². The van der Waals surface area contributed by atoms with Crippen LogP contribution in [0.2, 0.25) is 0 Å². The number of rotatable bonds is 6. The van der Waals surface area contributed by atoms with Gasteiger partial charge >= 0.3 is 6.61 Å². The molecule has 2 aromatic carbocycles. The molecule has 0 bridgehead atoms. The molecule has 4 nitrogen and oxygen atoms in total. The van der Waals surface area contributed by atoms with Gasteiger partial charge in [-0.2, -0.15) is 8.78 Å². The molecule has 3 aromatic rings. The minimum absolute atomic E-state index is 0.179. The van der Waals surface area contributed by atoms with Gasteiger partial charge in [-0.3, -0.25) is 0 Å². The third kappa shape index (κ3) is 4.34. The van der Waals surface area contributed by atoms with E-state index in [4.69, 9.17) is 0 Å². The minimum atomic E-state index is -2.80. The summed E-state index contributed by atoms with van der Waals surface area (Å²) in [5.41, 5.74) is 4.21. The molecular weight excluding hydrogens is 360 g/mol. The summed E-state index contributed by atoms with van der Waals surface area (Å²) in [5, 5.41) is 3.54. The summed E-state index contributed by atoms with van der Waals surface area (Å²) in [6.07, 6.45) is 6.57. The molecule has 1 aliphatic carbocycles. The van der Waals surface area contributed by atoms with E-state index in [-0.39, 0.29) is 11.8 Å². The van der Waals surface area contributed by atoms with Crippen LogP contribution in [-0.2, 0) is 13.0 Å². The lowest BCUT2D eigenvalue weighted by atomic mass is 9.87. The maximum absolute atomic E-state index is 12.4. The lowest BCUT2D eigenvalue weighted by Crippen LogP contribution is -2.25. The molecule has 0 aliphatic heterocycles. The minimum Gasteiger partial charge on any atom is -0.435 e. The van der Waals surface area contributed by atoms with Crippen LogP contribution >= 0.6 is 0 Å². The Bertz CT molecular complexity index is 917. The SMILES string of the molecule is FC(F)Oc1ccc2c(c1)CCC[C@H]2NCc1cnc(-c2ccccc2)nc1. The largest absolute Gasteiger partial charge is 0.435 e. The van der Waals surface area contributed by atoms with E-state index in [9.17, 15) is 8.78 Å². The summed E-state index contributed by atoms with van der Waals surface area (Å²) in [5.74, 6) is 0.929. The lowest BCUT2D eigenvalue weighted by Gasteiger charge is -2.27. The second-order valence-corrected chi connectivity index (χ2v) is 6.85. The van der Waals surface area contributed by atoms with E-state index in [0.717, 1.165) is 41.5 Å². The Morgan fingerprint density at radius 2 is 1.86 bits per heavy atom. The van der Waals surface area contributed by atoms with Crippen LogP contribution in [0, 0.1) is 0 Å². The molecule has 0 unspecified atom stereocenters. The fourth-order valence-corrected chi connectivity index (χ4v) is 3.60. The highest BCUT2D eigenvalue weighted by Gasteiger charge is 2.21. The number of aryl methyl sites for hydroxylation is 1. The molecule has 1 N–H and O–H groups in total. The molecule has 1 aliphatic rings. The zero-order valence-electron chi connectivity index (χ0n) is 15.3. The maximum Gasteiger partial charge on any atom is 0.387 e. The molecule has 1 heterocycles. The summed E-state index contributed by atoms with van der Waals surface area (Å²) >= 11 is 0. The first-order valence-electron chi connectivity index (χ1n) is 9.36. The summed E-state index contributed by atoms with van der Waals surface area (Å²) in [6, 6.07) is 15.3. The van der Waals surface area contributed by atoms with Crippen LogP contribution in [0.25, 0.3) is 11.4 Å². The molecule has 4 rings (SSSR count). The van der Waals surface area contributed by atoms with Gasteiger partial charge < -0.3 is 10.1 Å². The van der Waals surface area contributed by atoms with Crippen molar-refractivity contribution in [3.05, 3.63) is 77.6 Å². The summed E-state index contributed by atoms with van der Waals surface area (Å²) in [4.78, 5) is 8.91. The van der Waals surface area contributed by atoms with E-state index in [2.05, 4.69) is 20.0 Å². The number of alkyl halides is 2. The van der Waals surface area contributed by atoms with Gasteiger partial charge in [-0.1, -0.05) is 36.4 Å². The molecular formula is C22H21F2N3O. The average Bonchev–Trinajstić information content (AvgIpc) is 2.72. The van der Waals surface area contributed by atoms with Crippen LogP contribution in [0.15, 0.2) is 60.9 Å². The Labute approximate surface area is 162 Å². The average molecular weight is 381 g/mol. The number of nitrogens with zero attached hydrogens (tertiary/aromatic N) is 2. The van der Waals surface area contributed by atoms with Gasteiger partial charge in [0, 0.05) is 36.1 Å². The van der Waals surface area contributed by atoms with Gasteiger partial charge in [0.25, 0.3) is 0 Å². The van der Waals surface area contributed by atoms with Crippen molar-refractivity contribution in [3.8, 4) is 17.1 Å². The first-order valence-corrected chi connectivity index (χ1v) is 9.36. The summed E-state index contributed by atoms with van der Waals surface area (Å²) < 4.78 is 29.4. The summed E-state index contributed by atoms with van der Waals surface area (Å²) in [6.45, 7) is -2.15. The Kier molecular flexibility index (Phi) is 5.58. The van der Waals surface area contributed by atoms with Crippen LogP contribution < -0.4 is 10.1 Å². The molecule has 1 atom stereocenters. The van der Waals surface area contributed by atoms with Crippen molar-refractivity contribution in [2.24, 2.45) is 0 Å². The number of benzene rings is 2. The Morgan fingerprint density at radius 3 is 2.61 bits per heavy atom. The van der Waals surface area contributed by atoms with E-state index in [1.165, 1.54) is 0 Å². The standard InChI is InChI=1S/C22H21F2N3O/c23-22(24)28-18-9-10-19-17(11-18)7-4-8-20(19)25-12-15-13-26-21(27-14-15)16-5-2-1-3-6-16/h1-3,5-6,9-11,13-14,20,22,25H,4,7-8,12H2/t20-/m1/s1. The van der Waals surface area contributed by atoms with Crippen LogP contribution in [0.4, 0.5) is 8.78 Å². The number of nitrogens with one attached hydrogen (secondary N) is 1. The van der Waals surface area contributed by atoms with Crippen LogP contribution in [0.1, 0.15) is 35.6 Å². The zero-order chi connectivity index (χ0) is 19.3. The molecule has 1 aromatic heterocycles. The highest BCUT2D eigenvalue weighted by atomic mass is 19.3. The van der Waals surface area contributed by atoms with Gasteiger partial charge in [0.2, 0.25) is 0 Å².